The SMILES string of the molecule is CCCOCC(NC)c1sccc1OC. The van der Waals surface area contributed by atoms with Gasteiger partial charge in [-0.25, -0.2) is 0 Å². The van der Waals surface area contributed by atoms with Crippen LogP contribution in [0.2, 0.25) is 0 Å². The molecule has 0 aromatic carbocycles. The van der Waals surface area contributed by atoms with Gasteiger partial charge in [-0.1, -0.05) is 6.92 Å². The van der Waals surface area contributed by atoms with Crippen molar-refractivity contribution in [3.8, 4) is 5.75 Å². The monoisotopic (exact) mass is 229 g/mol. The van der Waals surface area contributed by atoms with Crippen LogP contribution in [-0.4, -0.2) is 27.4 Å². The van der Waals surface area contributed by atoms with Crippen LogP contribution in [0.5, 0.6) is 5.75 Å². The molecule has 1 heterocycles. The summed E-state index contributed by atoms with van der Waals surface area (Å²) < 4.78 is 10.8. The van der Waals surface area contributed by atoms with Gasteiger partial charge in [0.15, 0.2) is 0 Å². The lowest BCUT2D eigenvalue weighted by Crippen LogP contribution is -2.21. The van der Waals surface area contributed by atoms with Gasteiger partial charge in [0.2, 0.25) is 0 Å². The highest BCUT2D eigenvalue weighted by molar-refractivity contribution is 7.10. The lowest BCUT2D eigenvalue weighted by molar-refractivity contribution is 0.114. The number of ether oxygens (including phenoxy) is 2. The first-order chi connectivity index (χ1) is 7.33. The maximum atomic E-state index is 5.55. The zero-order valence-corrected chi connectivity index (χ0v) is 10.4. The first kappa shape index (κ1) is 12.5. The lowest BCUT2D eigenvalue weighted by Gasteiger charge is -2.16. The van der Waals surface area contributed by atoms with Gasteiger partial charge in [-0.3, -0.25) is 0 Å². The highest BCUT2D eigenvalue weighted by atomic mass is 32.1. The van der Waals surface area contributed by atoms with E-state index in [9.17, 15) is 0 Å². The number of hydrogen-bond acceptors (Lipinski definition) is 4. The standard InChI is InChI=1S/C11H19NO2S/c1-4-6-14-8-9(12-2)11-10(13-3)5-7-15-11/h5,7,9,12H,4,6,8H2,1-3H3. The highest BCUT2D eigenvalue weighted by Gasteiger charge is 2.15. The van der Waals surface area contributed by atoms with Crippen LogP contribution in [0.25, 0.3) is 0 Å². The lowest BCUT2D eigenvalue weighted by atomic mass is 10.2. The van der Waals surface area contributed by atoms with Crippen molar-refractivity contribution in [3.63, 3.8) is 0 Å². The molecule has 4 heteroatoms. The van der Waals surface area contributed by atoms with Gasteiger partial charge in [0.1, 0.15) is 5.75 Å². The summed E-state index contributed by atoms with van der Waals surface area (Å²) >= 11 is 1.70. The molecule has 0 fully saturated rings. The van der Waals surface area contributed by atoms with Crippen molar-refractivity contribution in [1.29, 1.82) is 0 Å². The Bertz CT molecular complexity index is 275. The molecule has 0 amide bonds. The Kier molecular flexibility index (Phi) is 5.68. The van der Waals surface area contributed by atoms with E-state index >= 15 is 0 Å². The summed E-state index contributed by atoms with van der Waals surface area (Å²) in [6.07, 6.45) is 1.05. The molecule has 0 saturated carbocycles. The Hall–Kier alpha value is -0.580. The second-order valence-electron chi connectivity index (χ2n) is 3.27. The number of likely N-dealkylation sites (N-methyl/N-ethyl adjacent to an activating group) is 1. The molecular formula is C11H19NO2S. The fourth-order valence-corrected chi connectivity index (χ4v) is 2.32. The number of rotatable bonds is 7. The van der Waals surface area contributed by atoms with Crippen molar-refractivity contribution >= 4 is 11.3 Å². The van der Waals surface area contributed by atoms with Crippen molar-refractivity contribution in [3.05, 3.63) is 16.3 Å². The van der Waals surface area contributed by atoms with Crippen LogP contribution in [0, 0.1) is 0 Å². The molecule has 0 saturated heterocycles. The molecule has 0 spiro atoms. The summed E-state index contributed by atoms with van der Waals surface area (Å²) in [6, 6.07) is 2.22. The van der Waals surface area contributed by atoms with Crippen LogP contribution in [0.1, 0.15) is 24.3 Å². The van der Waals surface area contributed by atoms with E-state index in [1.54, 1.807) is 18.4 Å². The molecule has 1 unspecified atom stereocenters. The molecule has 1 N–H and O–H groups in total. The minimum absolute atomic E-state index is 0.228. The molecule has 1 atom stereocenters. The van der Waals surface area contributed by atoms with E-state index < -0.39 is 0 Å². The predicted molar refractivity (Wildman–Crippen MR) is 63.8 cm³/mol. The normalized spacial score (nSPS) is 12.7. The summed E-state index contributed by atoms with van der Waals surface area (Å²) in [5.41, 5.74) is 0. The van der Waals surface area contributed by atoms with E-state index in [0.717, 1.165) is 18.8 Å². The smallest absolute Gasteiger partial charge is 0.134 e. The molecule has 1 aromatic heterocycles. The molecule has 15 heavy (non-hydrogen) atoms. The Balaban J connectivity index is 2.57. The van der Waals surface area contributed by atoms with Crippen molar-refractivity contribution in [2.45, 2.75) is 19.4 Å². The summed E-state index contributed by atoms with van der Waals surface area (Å²) in [4.78, 5) is 1.20. The van der Waals surface area contributed by atoms with Crippen LogP contribution in [0.3, 0.4) is 0 Å². The minimum Gasteiger partial charge on any atom is -0.496 e. The van der Waals surface area contributed by atoms with E-state index in [2.05, 4.69) is 12.2 Å². The van der Waals surface area contributed by atoms with E-state index in [4.69, 9.17) is 9.47 Å². The largest absolute Gasteiger partial charge is 0.496 e. The van der Waals surface area contributed by atoms with Gasteiger partial charge in [-0.05, 0) is 24.9 Å². The van der Waals surface area contributed by atoms with E-state index in [1.807, 2.05) is 18.5 Å². The number of thiophene rings is 1. The van der Waals surface area contributed by atoms with Crippen molar-refractivity contribution in [1.82, 2.24) is 5.32 Å². The summed E-state index contributed by atoms with van der Waals surface area (Å²) in [5.74, 6) is 0.944. The Morgan fingerprint density at radius 3 is 2.93 bits per heavy atom. The number of hydrogen-bond donors (Lipinski definition) is 1. The van der Waals surface area contributed by atoms with Crippen molar-refractivity contribution < 1.29 is 9.47 Å². The molecule has 1 aromatic rings. The number of nitrogens with one attached hydrogen (secondary N) is 1. The quantitative estimate of drug-likeness (QED) is 0.728. The van der Waals surface area contributed by atoms with E-state index in [-0.39, 0.29) is 6.04 Å². The van der Waals surface area contributed by atoms with E-state index in [0.29, 0.717) is 6.61 Å². The Labute approximate surface area is 95.4 Å². The maximum absolute atomic E-state index is 5.55. The van der Waals surface area contributed by atoms with Crippen LogP contribution in [-0.2, 0) is 4.74 Å². The van der Waals surface area contributed by atoms with Gasteiger partial charge >= 0.3 is 0 Å². The minimum atomic E-state index is 0.228. The Morgan fingerprint density at radius 1 is 1.53 bits per heavy atom. The van der Waals surface area contributed by atoms with Gasteiger partial charge in [0.05, 0.1) is 24.6 Å². The van der Waals surface area contributed by atoms with Crippen molar-refractivity contribution in [2.24, 2.45) is 0 Å². The summed E-state index contributed by atoms with van der Waals surface area (Å²) in [5, 5.41) is 5.28. The topological polar surface area (TPSA) is 30.5 Å². The second kappa shape index (κ2) is 6.82. The fraction of sp³-hybridized carbons (Fsp3) is 0.636. The molecule has 0 radical (unpaired) electrons. The first-order valence-corrected chi connectivity index (χ1v) is 6.07. The molecule has 0 aliphatic heterocycles. The average molecular weight is 229 g/mol. The van der Waals surface area contributed by atoms with Gasteiger partial charge < -0.3 is 14.8 Å². The molecule has 86 valence electrons. The second-order valence-corrected chi connectivity index (χ2v) is 4.22. The fourth-order valence-electron chi connectivity index (χ4n) is 1.37. The average Bonchev–Trinajstić information content (AvgIpc) is 2.72. The third kappa shape index (κ3) is 3.48. The zero-order valence-electron chi connectivity index (χ0n) is 9.58. The maximum Gasteiger partial charge on any atom is 0.134 e. The molecule has 0 bridgehead atoms. The van der Waals surface area contributed by atoms with Crippen molar-refractivity contribution in [2.75, 3.05) is 27.4 Å². The molecule has 0 aliphatic carbocycles. The highest BCUT2D eigenvalue weighted by Crippen LogP contribution is 2.30. The van der Waals surface area contributed by atoms with Crippen LogP contribution < -0.4 is 10.1 Å². The predicted octanol–water partition coefficient (Wildman–Crippen LogP) is 2.44. The molecule has 3 nitrogen and oxygen atoms in total. The third-order valence-corrected chi connectivity index (χ3v) is 3.19. The van der Waals surface area contributed by atoms with E-state index in [1.165, 1.54) is 4.88 Å². The summed E-state index contributed by atoms with van der Waals surface area (Å²) in [7, 11) is 3.64. The first-order valence-electron chi connectivity index (χ1n) is 5.19. The van der Waals surface area contributed by atoms with Gasteiger partial charge in [-0.2, -0.15) is 0 Å². The van der Waals surface area contributed by atoms with Crippen LogP contribution in [0.15, 0.2) is 11.4 Å². The molecule has 1 rings (SSSR count). The van der Waals surface area contributed by atoms with Crippen LogP contribution >= 0.6 is 11.3 Å². The van der Waals surface area contributed by atoms with Gasteiger partial charge in [0, 0.05) is 6.61 Å². The summed E-state index contributed by atoms with van der Waals surface area (Å²) in [6.45, 7) is 3.62. The third-order valence-electron chi connectivity index (χ3n) is 2.18. The molecule has 0 aliphatic rings. The Morgan fingerprint density at radius 2 is 2.33 bits per heavy atom. The zero-order chi connectivity index (χ0) is 11.1. The van der Waals surface area contributed by atoms with Gasteiger partial charge in [0.25, 0.3) is 0 Å². The molecular weight excluding hydrogens is 210 g/mol. The van der Waals surface area contributed by atoms with Gasteiger partial charge in [-0.15, -0.1) is 11.3 Å². The number of methoxy groups -OCH3 is 1. The van der Waals surface area contributed by atoms with Crippen LogP contribution in [0.4, 0.5) is 0 Å².